The van der Waals surface area contributed by atoms with Crippen molar-refractivity contribution in [1.29, 1.82) is 0 Å². The molecule has 1 heterocycles. The fourth-order valence-electron chi connectivity index (χ4n) is 2.67. The van der Waals surface area contributed by atoms with Crippen LogP contribution in [0.5, 0.6) is 0 Å². The number of rotatable bonds is 3. The second-order valence-electron chi connectivity index (χ2n) is 4.84. The third-order valence-corrected chi connectivity index (χ3v) is 4.33. The van der Waals surface area contributed by atoms with Gasteiger partial charge in [0.15, 0.2) is 0 Å². The highest BCUT2D eigenvalue weighted by molar-refractivity contribution is 7.09. The predicted molar refractivity (Wildman–Crippen MR) is 65.0 cm³/mol. The number of nitrogens with zero attached hydrogens (tertiary/aromatic N) is 1. The highest BCUT2D eigenvalue weighted by Crippen LogP contribution is 2.34. The lowest BCUT2D eigenvalue weighted by atomic mass is 9.74. The SMILES string of the molecule is CCC1CCCC(N)(Cc2nccs2)C1. The van der Waals surface area contributed by atoms with Crippen LogP contribution in [0, 0.1) is 5.92 Å². The van der Waals surface area contributed by atoms with Gasteiger partial charge in [-0.25, -0.2) is 4.98 Å². The summed E-state index contributed by atoms with van der Waals surface area (Å²) in [4.78, 5) is 4.34. The summed E-state index contributed by atoms with van der Waals surface area (Å²) in [7, 11) is 0. The van der Waals surface area contributed by atoms with Gasteiger partial charge in [0.1, 0.15) is 0 Å². The summed E-state index contributed by atoms with van der Waals surface area (Å²) < 4.78 is 0. The number of thiazole rings is 1. The Bertz CT molecular complexity index is 297. The largest absolute Gasteiger partial charge is 0.325 e. The minimum Gasteiger partial charge on any atom is -0.325 e. The summed E-state index contributed by atoms with van der Waals surface area (Å²) in [6.07, 6.45) is 9.14. The lowest BCUT2D eigenvalue weighted by molar-refractivity contribution is 0.218. The van der Waals surface area contributed by atoms with E-state index in [1.165, 1.54) is 37.1 Å². The summed E-state index contributed by atoms with van der Waals surface area (Å²) in [6.45, 7) is 2.28. The molecule has 84 valence electrons. The van der Waals surface area contributed by atoms with Gasteiger partial charge >= 0.3 is 0 Å². The Morgan fingerprint density at radius 1 is 1.67 bits per heavy atom. The molecule has 0 bridgehead atoms. The molecule has 2 atom stereocenters. The zero-order valence-corrected chi connectivity index (χ0v) is 10.2. The van der Waals surface area contributed by atoms with Crippen LogP contribution in [0.25, 0.3) is 0 Å². The maximum absolute atomic E-state index is 6.48. The molecule has 1 aliphatic carbocycles. The van der Waals surface area contributed by atoms with Crippen molar-refractivity contribution in [1.82, 2.24) is 4.98 Å². The van der Waals surface area contributed by atoms with Crippen molar-refractivity contribution in [3.05, 3.63) is 16.6 Å². The van der Waals surface area contributed by atoms with E-state index < -0.39 is 0 Å². The molecule has 0 aliphatic heterocycles. The third-order valence-electron chi connectivity index (χ3n) is 3.55. The summed E-state index contributed by atoms with van der Waals surface area (Å²) in [5.41, 5.74) is 6.51. The lowest BCUT2D eigenvalue weighted by Gasteiger charge is -2.37. The van der Waals surface area contributed by atoms with Crippen LogP contribution in [0.4, 0.5) is 0 Å². The van der Waals surface area contributed by atoms with Crippen LogP contribution >= 0.6 is 11.3 Å². The van der Waals surface area contributed by atoms with E-state index in [-0.39, 0.29) is 5.54 Å². The maximum atomic E-state index is 6.48. The summed E-state index contributed by atoms with van der Waals surface area (Å²) >= 11 is 1.73. The second kappa shape index (κ2) is 4.62. The lowest BCUT2D eigenvalue weighted by Crippen LogP contribution is -2.46. The minimum absolute atomic E-state index is 0.0246. The smallest absolute Gasteiger partial charge is 0.0943 e. The van der Waals surface area contributed by atoms with E-state index >= 15 is 0 Å². The van der Waals surface area contributed by atoms with Gasteiger partial charge in [0, 0.05) is 23.5 Å². The summed E-state index contributed by atoms with van der Waals surface area (Å²) in [5, 5.41) is 3.24. The van der Waals surface area contributed by atoms with Crippen LogP contribution in [0.1, 0.15) is 44.0 Å². The Morgan fingerprint density at radius 3 is 3.20 bits per heavy atom. The molecule has 1 aliphatic rings. The zero-order chi connectivity index (χ0) is 10.7. The van der Waals surface area contributed by atoms with Gasteiger partial charge in [-0.3, -0.25) is 0 Å². The molecular weight excluding hydrogens is 204 g/mol. The van der Waals surface area contributed by atoms with Crippen molar-refractivity contribution in [3.8, 4) is 0 Å². The van der Waals surface area contributed by atoms with Crippen molar-refractivity contribution in [2.24, 2.45) is 11.7 Å². The van der Waals surface area contributed by atoms with Crippen molar-refractivity contribution in [3.63, 3.8) is 0 Å². The number of nitrogens with two attached hydrogens (primary N) is 1. The van der Waals surface area contributed by atoms with E-state index in [1.54, 1.807) is 11.3 Å². The molecule has 2 N–H and O–H groups in total. The van der Waals surface area contributed by atoms with Gasteiger partial charge in [0.05, 0.1) is 5.01 Å². The topological polar surface area (TPSA) is 38.9 Å². The van der Waals surface area contributed by atoms with Crippen LogP contribution in [0.2, 0.25) is 0 Å². The van der Waals surface area contributed by atoms with Crippen molar-refractivity contribution < 1.29 is 0 Å². The van der Waals surface area contributed by atoms with Crippen molar-refractivity contribution >= 4 is 11.3 Å². The van der Waals surface area contributed by atoms with Crippen molar-refractivity contribution in [2.75, 3.05) is 0 Å². The predicted octanol–water partition coefficient (Wildman–Crippen LogP) is 2.98. The normalized spacial score (nSPS) is 31.7. The Kier molecular flexibility index (Phi) is 3.42. The van der Waals surface area contributed by atoms with Crippen LogP contribution in [-0.4, -0.2) is 10.5 Å². The van der Waals surface area contributed by atoms with Crippen LogP contribution in [-0.2, 0) is 6.42 Å². The Morgan fingerprint density at radius 2 is 2.53 bits per heavy atom. The third kappa shape index (κ3) is 2.79. The quantitative estimate of drug-likeness (QED) is 0.857. The summed E-state index contributed by atoms with van der Waals surface area (Å²) in [6, 6.07) is 0. The summed E-state index contributed by atoms with van der Waals surface area (Å²) in [5.74, 6) is 0.837. The van der Waals surface area contributed by atoms with E-state index in [2.05, 4.69) is 11.9 Å². The molecule has 3 heteroatoms. The molecule has 2 rings (SSSR count). The number of hydrogen-bond acceptors (Lipinski definition) is 3. The van der Waals surface area contributed by atoms with Crippen molar-refractivity contribution in [2.45, 2.75) is 51.0 Å². The van der Waals surface area contributed by atoms with E-state index in [0.717, 1.165) is 12.3 Å². The molecule has 0 radical (unpaired) electrons. The Hall–Kier alpha value is -0.410. The first-order valence-electron chi connectivity index (χ1n) is 5.89. The molecule has 1 aromatic rings. The Balaban J connectivity index is 1.99. The molecule has 0 aromatic carbocycles. The average molecular weight is 224 g/mol. The van der Waals surface area contributed by atoms with E-state index in [1.807, 2.05) is 11.6 Å². The fourth-order valence-corrected chi connectivity index (χ4v) is 3.44. The second-order valence-corrected chi connectivity index (χ2v) is 5.81. The molecule has 2 nitrogen and oxygen atoms in total. The maximum Gasteiger partial charge on any atom is 0.0943 e. The van der Waals surface area contributed by atoms with Gasteiger partial charge in [-0.2, -0.15) is 0 Å². The number of hydrogen-bond donors (Lipinski definition) is 1. The molecule has 2 unspecified atom stereocenters. The fraction of sp³-hybridized carbons (Fsp3) is 0.750. The monoisotopic (exact) mass is 224 g/mol. The van der Waals surface area contributed by atoms with Gasteiger partial charge in [-0.1, -0.05) is 26.2 Å². The van der Waals surface area contributed by atoms with Crippen LogP contribution in [0.15, 0.2) is 11.6 Å². The van der Waals surface area contributed by atoms with E-state index in [4.69, 9.17) is 5.73 Å². The standard InChI is InChI=1S/C12H20N2S/c1-2-10-4-3-5-12(13,8-10)9-11-14-6-7-15-11/h6-7,10H,2-5,8-9,13H2,1H3. The molecule has 0 spiro atoms. The highest BCUT2D eigenvalue weighted by atomic mass is 32.1. The highest BCUT2D eigenvalue weighted by Gasteiger charge is 2.32. The van der Waals surface area contributed by atoms with Gasteiger partial charge in [0.2, 0.25) is 0 Å². The van der Waals surface area contributed by atoms with Gasteiger partial charge in [0.25, 0.3) is 0 Å². The first-order chi connectivity index (χ1) is 7.22. The van der Waals surface area contributed by atoms with Gasteiger partial charge in [-0.15, -0.1) is 11.3 Å². The van der Waals surface area contributed by atoms with E-state index in [9.17, 15) is 0 Å². The van der Waals surface area contributed by atoms with Crippen LogP contribution < -0.4 is 5.73 Å². The van der Waals surface area contributed by atoms with Gasteiger partial charge in [-0.05, 0) is 18.8 Å². The number of aromatic nitrogens is 1. The molecule has 15 heavy (non-hydrogen) atoms. The average Bonchev–Trinajstić information content (AvgIpc) is 2.69. The first-order valence-corrected chi connectivity index (χ1v) is 6.77. The molecule has 1 aromatic heterocycles. The molecule has 1 saturated carbocycles. The minimum atomic E-state index is 0.0246. The molecule has 0 amide bonds. The van der Waals surface area contributed by atoms with E-state index in [0.29, 0.717) is 0 Å². The van der Waals surface area contributed by atoms with Gasteiger partial charge < -0.3 is 5.73 Å². The molecule has 1 fully saturated rings. The zero-order valence-electron chi connectivity index (χ0n) is 9.41. The molecule has 0 saturated heterocycles. The Labute approximate surface area is 95.9 Å². The van der Waals surface area contributed by atoms with Crippen LogP contribution in [0.3, 0.4) is 0 Å². The first kappa shape index (κ1) is 11.1. The molecular formula is C12H20N2S.